The van der Waals surface area contributed by atoms with E-state index in [0.717, 1.165) is 0 Å². The number of rotatable bonds is 3. The molecule has 3 N–H and O–H groups in total. The maximum Gasteiger partial charge on any atom is 0.263 e. The molecule has 0 aliphatic rings. The summed E-state index contributed by atoms with van der Waals surface area (Å²) in [6, 6.07) is 7.16. The number of sulfonamides is 1. The molecule has 4 nitrogen and oxygen atoms in total. The topological polar surface area (TPSA) is 72.2 Å². The predicted molar refractivity (Wildman–Crippen MR) is 88.2 cm³/mol. The number of benzene rings is 2. The van der Waals surface area contributed by atoms with Gasteiger partial charge in [0.2, 0.25) is 0 Å². The van der Waals surface area contributed by atoms with Crippen molar-refractivity contribution in [2.24, 2.45) is 0 Å². The lowest BCUT2D eigenvalue weighted by molar-refractivity contribution is 0.601. The number of hydrogen-bond acceptors (Lipinski definition) is 3. The van der Waals surface area contributed by atoms with Gasteiger partial charge in [-0.05, 0) is 58.7 Å². The highest BCUT2D eigenvalue weighted by Gasteiger charge is 2.19. The van der Waals surface area contributed by atoms with Crippen molar-refractivity contribution in [2.75, 3.05) is 10.5 Å². The van der Waals surface area contributed by atoms with Crippen LogP contribution in [0.5, 0.6) is 0 Å². The third-order valence-corrected chi connectivity index (χ3v) is 5.30. The predicted octanol–water partition coefficient (Wildman–Crippen LogP) is 4.04. The lowest BCUT2D eigenvalue weighted by Crippen LogP contribution is -2.15. The molecule has 0 bridgehead atoms. The van der Waals surface area contributed by atoms with E-state index in [1.807, 2.05) is 0 Å². The number of nitrogen functional groups attached to an aromatic ring is 1. The summed E-state index contributed by atoms with van der Waals surface area (Å²) < 4.78 is 41.4. The van der Waals surface area contributed by atoms with Gasteiger partial charge in [-0.1, -0.05) is 15.9 Å². The van der Waals surface area contributed by atoms with Crippen LogP contribution in [0.3, 0.4) is 0 Å². The van der Waals surface area contributed by atoms with Crippen LogP contribution in [0.25, 0.3) is 0 Å². The first-order valence-corrected chi connectivity index (χ1v) is 8.81. The molecule has 2 rings (SSSR count). The highest BCUT2D eigenvalue weighted by atomic mass is 79.9. The summed E-state index contributed by atoms with van der Waals surface area (Å²) in [7, 11) is -3.87. The smallest absolute Gasteiger partial charge is 0.263 e. The summed E-state index contributed by atoms with van der Waals surface area (Å²) in [4.78, 5) is -0.0447. The fourth-order valence-electron chi connectivity index (χ4n) is 1.70. The van der Waals surface area contributed by atoms with E-state index in [1.165, 1.54) is 24.3 Å². The van der Waals surface area contributed by atoms with Crippen LogP contribution < -0.4 is 10.5 Å². The van der Waals surface area contributed by atoms with Crippen molar-refractivity contribution in [1.29, 1.82) is 0 Å². The van der Waals surface area contributed by atoms with Crippen LogP contribution >= 0.6 is 31.9 Å². The molecule has 0 fully saturated rings. The van der Waals surface area contributed by atoms with Crippen molar-refractivity contribution in [3.8, 4) is 0 Å². The quantitative estimate of drug-likeness (QED) is 0.711. The van der Waals surface area contributed by atoms with Gasteiger partial charge < -0.3 is 5.73 Å². The van der Waals surface area contributed by atoms with Crippen LogP contribution in [0.2, 0.25) is 0 Å². The van der Waals surface area contributed by atoms with E-state index in [2.05, 4.69) is 36.6 Å². The summed E-state index contributed by atoms with van der Waals surface area (Å²) in [5, 5.41) is 0. The van der Waals surface area contributed by atoms with Crippen LogP contribution in [0.4, 0.5) is 15.8 Å². The minimum absolute atomic E-state index is 0.0447. The Labute approximate surface area is 138 Å². The van der Waals surface area contributed by atoms with E-state index in [4.69, 9.17) is 5.73 Å². The van der Waals surface area contributed by atoms with E-state index in [0.29, 0.717) is 10.0 Å². The van der Waals surface area contributed by atoms with E-state index < -0.39 is 15.8 Å². The number of nitrogens with one attached hydrogen (secondary N) is 1. The molecule has 2 aromatic rings. The Morgan fingerprint density at radius 2 is 1.86 bits per heavy atom. The van der Waals surface area contributed by atoms with Gasteiger partial charge in [-0.2, -0.15) is 0 Å². The zero-order valence-electron chi connectivity index (χ0n) is 10.8. The van der Waals surface area contributed by atoms with Crippen molar-refractivity contribution in [2.45, 2.75) is 11.8 Å². The molecule has 0 amide bonds. The summed E-state index contributed by atoms with van der Waals surface area (Å²) in [5.41, 5.74) is 6.59. The second kappa shape index (κ2) is 5.94. The Balaban J connectivity index is 2.47. The van der Waals surface area contributed by atoms with Crippen LogP contribution in [0.1, 0.15) is 5.56 Å². The van der Waals surface area contributed by atoms with Crippen LogP contribution in [0.15, 0.2) is 44.2 Å². The first kappa shape index (κ1) is 16.3. The largest absolute Gasteiger partial charge is 0.398 e. The van der Waals surface area contributed by atoms with Gasteiger partial charge >= 0.3 is 0 Å². The maximum absolute atomic E-state index is 13.4. The van der Waals surface area contributed by atoms with Gasteiger partial charge in [0.15, 0.2) is 0 Å². The van der Waals surface area contributed by atoms with Gasteiger partial charge in [0.1, 0.15) is 10.7 Å². The molecule has 0 radical (unpaired) electrons. The fourth-order valence-corrected chi connectivity index (χ4v) is 3.83. The SMILES string of the molecule is Cc1cc(F)c(Br)cc1NS(=O)(=O)c1cc(Br)ccc1N. The van der Waals surface area contributed by atoms with Crippen LogP contribution in [0, 0.1) is 12.7 Å². The van der Waals surface area contributed by atoms with Gasteiger partial charge in [-0.15, -0.1) is 0 Å². The highest BCUT2D eigenvalue weighted by Crippen LogP contribution is 2.29. The third-order valence-electron chi connectivity index (χ3n) is 2.78. The lowest BCUT2D eigenvalue weighted by Gasteiger charge is -2.13. The molecule has 0 spiro atoms. The van der Waals surface area contributed by atoms with E-state index in [1.54, 1.807) is 13.0 Å². The molecule has 21 heavy (non-hydrogen) atoms. The minimum atomic E-state index is -3.87. The van der Waals surface area contributed by atoms with Gasteiger partial charge in [0.05, 0.1) is 15.8 Å². The normalized spacial score (nSPS) is 11.4. The summed E-state index contributed by atoms with van der Waals surface area (Å²) in [6.07, 6.45) is 0. The molecule has 0 atom stereocenters. The first-order chi connectivity index (χ1) is 9.70. The van der Waals surface area contributed by atoms with Gasteiger partial charge in [0.25, 0.3) is 10.0 Å². The van der Waals surface area contributed by atoms with Crippen molar-refractivity contribution < 1.29 is 12.8 Å². The van der Waals surface area contributed by atoms with E-state index in [-0.39, 0.29) is 20.7 Å². The number of nitrogens with two attached hydrogens (primary N) is 1. The monoisotopic (exact) mass is 436 g/mol. The molecule has 0 heterocycles. The average molecular weight is 438 g/mol. The molecular weight excluding hydrogens is 427 g/mol. The molecule has 112 valence electrons. The fraction of sp³-hybridized carbons (Fsp3) is 0.0769. The van der Waals surface area contributed by atoms with Gasteiger partial charge in [0, 0.05) is 4.47 Å². The zero-order chi connectivity index (χ0) is 15.8. The van der Waals surface area contributed by atoms with Crippen molar-refractivity contribution >= 4 is 53.3 Å². The number of aryl methyl sites for hydroxylation is 1. The van der Waals surface area contributed by atoms with Crippen molar-refractivity contribution in [3.63, 3.8) is 0 Å². The lowest BCUT2D eigenvalue weighted by atomic mass is 10.2. The Kier molecular flexibility index (Phi) is 4.60. The van der Waals surface area contributed by atoms with Crippen molar-refractivity contribution in [1.82, 2.24) is 0 Å². The highest BCUT2D eigenvalue weighted by molar-refractivity contribution is 9.10. The molecule has 0 unspecified atom stereocenters. The van der Waals surface area contributed by atoms with Crippen molar-refractivity contribution in [3.05, 3.63) is 50.7 Å². The minimum Gasteiger partial charge on any atom is -0.398 e. The number of anilines is 2. The van der Waals surface area contributed by atoms with E-state index in [9.17, 15) is 12.8 Å². The second-order valence-electron chi connectivity index (χ2n) is 4.37. The molecule has 0 aliphatic carbocycles. The maximum atomic E-state index is 13.4. The average Bonchev–Trinajstić information content (AvgIpc) is 2.38. The molecule has 0 aromatic heterocycles. The molecule has 0 saturated heterocycles. The second-order valence-corrected chi connectivity index (χ2v) is 7.79. The van der Waals surface area contributed by atoms with Gasteiger partial charge in [-0.3, -0.25) is 4.72 Å². The van der Waals surface area contributed by atoms with Crippen LogP contribution in [-0.2, 0) is 10.0 Å². The Hall–Kier alpha value is -1.12. The standard InChI is InChI=1S/C13H11Br2FN2O2S/c1-7-4-10(16)9(15)6-12(7)18-21(19,20)13-5-8(14)2-3-11(13)17/h2-6,18H,17H2,1H3. The summed E-state index contributed by atoms with van der Waals surface area (Å²) in [6.45, 7) is 1.61. The van der Waals surface area contributed by atoms with E-state index >= 15 is 0 Å². The Morgan fingerprint density at radius 3 is 2.52 bits per heavy atom. The zero-order valence-corrected chi connectivity index (χ0v) is 14.8. The Morgan fingerprint density at radius 1 is 1.19 bits per heavy atom. The summed E-state index contributed by atoms with van der Waals surface area (Å²) >= 11 is 6.23. The van der Waals surface area contributed by atoms with Gasteiger partial charge in [-0.25, -0.2) is 12.8 Å². The van der Waals surface area contributed by atoms with Crippen LogP contribution in [-0.4, -0.2) is 8.42 Å². The molecule has 2 aromatic carbocycles. The Bertz CT molecular complexity index is 810. The molecule has 8 heteroatoms. The number of hydrogen-bond donors (Lipinski definition) is 2. The molecule has 0 saturated carbocycles. The number of halogens is 3. The molecule has 0 aliphatic heterocycles. The first-order valence-electron chi connectivity index (χ1n) is 5.74. The summed E-state index contributed by atoms with van der Waals surface area (Å²) in [5.74, 6) is -0.461. The molecular formula is C13H11Br2FN2O2S. The third kappa shape index (κ3) is 3.56.